The maximum absolute atomic E-state index is 12.8. The summed E-state index contributed by atoms with van der Waals surface area (Å²) in [5.41, 5.74) is 3.02. The van der Waals surface area contributed by atoms with Crippen molar-refractivity contribution >= 4 is 29.9 Å². The summed E-state index contributed by atoms with van der Waals surface area (Å²) in [7, 11) is 0. The molecule has 6 nitrogen and oxygen atoms in total. The van der Waals surface area contributed by atoms with Crippen LogP contribution in [0.2, 0.25) is 0 Å². The number of carbonyl (C=O) groups is 1. The highest BCUT2D eigenvalue weighted by molar-refractivity contribution is 7.71. The Morgan fingerprint density at radius 2 is 1.56 bits per heavy atom. The van der Waals surface area contributed by atoms with E-state index in [-0.39, 0.29) is 16.6 Å². The summed E-state index contributed by atoms with van der Waals surface area (Å²) >= 11 is 5.35. The smallest absolute Gasteiger partial charge is 0.288 e. The number of hydrogen-bond donors (Lipinski definition) is 2. The Morgan fingerprint density at radius 1 is 0.938 bits per heavy atom. The first-order chi connectivity index (χ1) is 15.7. The van der Waals surface area contributed by atoms with Gasteiger partial charge in [0.2, 0.25) is 0 Å². The van der Waals surface area contributed by atoms with Crippen molar-refractivity contribution in [2.45, 2.75) is 13.2 Å². The molecule has 0 unspecified atom stereocenters. The van der Waals surface area contributed by atoms with Gasteiger partial charge in [0.05, 0.1) is 6.67 Å². The molecule has 0 saturated carbocycles. The molecule has 0 radical (unpaired) electrons. The van der Waals surface area contributed by atoms with Crippen molar-refractivity contribution < 1.29 is 9.21 Å². The average Bonchev–Trinajstić information content (AvgIpc) is 3.21. The minimum atomic E-state index is -0.259. The molecule has 4 rings (SSSR count). The Hall–Kier alpha value is -3.81. The summed E-state index contributed by atoms with van der Waals surface area (Å²) in [6, 6.07) is 28.7. The number of carbonyl (C=O) groups excluding carboxylic acids is 1. The van der Waals surface area contributed by atoms with E-state index in [9.17, 15) is 4.79 Å². The van der Waals surface area contributed by atoms with Crippen LogP contribution in [0.25, 0.3) is 11.8 Å². The van der Waals surface area contributed by atoms with Gasteiger partial charge in [-0.2, -0.15) is 0 Å². The van der Waals surface area contributed by atoms with Gasteiger partial charge in [0.25, 0.3) is 16.6 Å². The Morgan fingerprint density at radius 3 is 2.25 bits per heavy atom. The minimum absolute atomic E-state index is 0.216. The highest BCUT2D eigenvalue weighted by Crippen LogP contribution is 2.16. The summed E-state index contributed by atoms with van der Waals surface area (Å²) in [5.74, 6) is -0.0182. The highest BCUT2D eigenvalue weighted by Gasteiger charge is 2.15. The zero-order valence-corrected chi connectivity index (χ0v) is 18.1. The van der Waals surface area contributed by atoms with Gasteiger partial charge in [0.15, 0.2) is 0 Å². The minimum Gasteiger partial charge on any atom is -0.408 e. The van der Waals surface area contributed by atoms with E-state index in [1.807, 2.05) is 84.9 Å². The zero-order valence-electron chi connectivity index (χ0n) is 17.3. The van der Waals surface area contributed by atoms with Gasteiger partial charge in [-0.15, -0.1) is 5.10 Å². The molecule has 0 saturated heterocycles. The van der Waals surface area contributed by atoms with E-state index in [0.29, 0.717) is 24.5 Å². The lowest BCUT2D eigenvalue weighted by Crippen LogP contribution is -2.23. The van der Waals surface area contributed by atoms with Gasteiger partial charge in [-0.05, 0) is 41.6 Å². The lowest BCUT2D eigenvalue weighted by Gasteiger charge is -2.07. The van der Waals surface area contributed by atoms with E-state index in [0.717, 1.165) is 11.1 Å². The van der Waals surface area contributed by atoms with Crippen LogP contribution in [0, 0.1) is 4.84 Å². The average molecular weight is 443 g/mol. The van der Waals surface area contributed by atoms with Crippen LogP contribution < -0.4 is 10.6 Å². The van der Waals surface area contributed by atoms with Crippen LogP contribution in [0.5, 0.6) is 0 Å². The molecular formula is C25H22N4O2S. The molecule has 0 atom stereocenters. The van der Waals surface area contributed by atoms with E-state index < -0.39 is 0 Å². The molecule has 1 aromatic heterocycles. The second kappa shape index (κ2) is 10.5. The molecule has 3 aromatic carbocycles. The number of aromatic nitrogens is 2. The predicted molar refractivity (Wildman–Crippen MR) is 127 cm³/mol. The molecule has 0 fully saturated rings. The van der Waals surface area contributed by atoms with E-state index >= 15 is 0 Å². The van der Waals surface area contributed by atoms with Gasteiger partial charge in [-0.3, -0.25) is 10.1 Å². The summed E-state index contributed by atoms with van der Waals surface area (Å²) < 4.78 is 7.29. The summed E-state index contributed by atoms with van der Waals surface area (Å²) in [6.07, 6.45) is 1.81. The lowest BCUT2D eigenvalue weighted by molar-refractivity contribution is 0.0973. The highest BCUT2D eigenvalue weighted by atomic mass is 32.1. The van der Waals surface area contributed by atoms with Gasteiger partial charge in [-0.25, -0.2) is 4.68 Å². The molecule has 0 bridgehead atoms. The van der Waals surface area contributed by atoms with Crippen molar-refractivity contribution in [3.8, 4) is 0 Å². The Labute approximate surface area is 191 Å². The molecule has 4 aromatic rings. The molecule has 1 amide bonds. The first-order valence-corrected chi connectivity index (χ1v) is 10.6. The molecule has 32 heavy (non-hydrogen) atoms. The van der Waals surface area contributed by atoms with Crippen LogP contribution in [-0.2, 0) is 13.2 Å². The maximum atomic E-state index is 12.8. The van der Waals surface area contributed by atoms with E-state index in [4.69, 9.17) is 16.6 Å². The molecule has 7 heteroatoms. The fraction of sp³-hybridized carbons (Fsp3) is 0.0800. The van der Waals surface area contributed by atoms with E-state index in [1.165, 1.54) is 0 Å². The van der Waals surface area contributed by atoms with Crippen molar-refractivity contribution in [1.29, 1.82) is 0 Å². The molecule has 0 aliphatic carbocycles. The molecule has 1 heterocycles. The van der Waals surface area contributed by atoms with E-state index in [2.05, 4.69) is 15.7 Å². The first-order valence-electron chi connectivity index (χ1n) is 10.1. The van der Waals surface area contributed by atoms with E-state index in [1.54, 1.807) is 16.8 Å². The number of amides is 1. The van der Waals surface area contributed by atoms with Crippen LogP contribution >= 0.6 is 12.2 Å². The SMILES string of the molecule is O=C(N/C(=C\c1ccccc1)c1nn(CNCc2ccccc2)c(=S)o1)c1ccccc1. The standard InChI is InChI=1S/C25H22N4O2S/c30-23(21-14-8-3-9-15-21)27-22(16-19-10-4-1-5-11-19)24-28-29(25(32)31-24)18-26-17-20-12-6-2-7-13-20/h1-16,26H,17-18H2,(H,27,30)/b22-16-. The number of nitrogens with one attached hydrogen (secondary N) is 2. The lowest BCUT2D eigenvalue weighted by atomic mass is 10.1. The van der Waals surface area contributed by atoms with Crippen LogP contribution in [0.1, 0.15) is 27.4 Å². The van der Waals surface area contributed by atoms with Crippen LogP contribution in [0.3, 0.4) is 0 Å². The van der Waals surface area contributed by atoms with Crippen molar-refractivity contribution in [1.82, 2.24) is 20.4 Å². The normalized spacial score (nSPS) is 11.3. The van der Waals surface area contributed by atoms with Gasteiger partial charge < -0.3 is 9.73 Å². The fourth-order valence-electron chi connectivity index (χ4n) is 3.07. The monoisotopic (exact) mass is 442 g/mol. The number of rotatable bonds is 8. The van der Waals surface area contributed by atoms with Gasteiger partial charge in [0, 0.05) is 12.1 Å². The first kappa shape index (κ1) is 21.4. The van der Waals surface area contributed by atoms with Crippen molar-refractivity contribution in [2.24, 2.45) is 0 Å². The topological polar surface area (TPSA) is 72.1 Å². The Bertz CT molecular complexity index is 1250. The largest absolute Gasteiger partial charge is 0.408 e. The second-order valence-electron chi connectivity index (χ2n) is 7.03. The molecule has 2 N–H and O–H groups in total. The molecule has 160 valence electrons. The summed E-state index contributed by atoms with van der Waals surface area (Å²) in [4.78, 5) is 13.0. The number of benzene rings is 3. The third kappa shape index (κ3) is 5.66. The van der Waals surface area contributed by atoms with Crippen molar-refractivity contribution in [3.05, 3.63) is 118 Å². The Kier molecular flexibility index (Phi) is 7.01. The predicted octanol–water partition coefficient (Wildman–Crippen LogP) is 4.88. The molecule has 0 spiro atoms. The number of hydrogen-bond acceptors (Lipinski definition) is 5. The maximum Gasteiger partial charge on any atom is 0.288 e. The van der Waals surface area contributed by atoms with Crippen LogP contribution in [0.15, 0.2) is 95.4 Å². The quantitative estimate of drug-likeness (QED) is 0.381. The van der Waals surface area contributed by atoms with Crippen molar-refractivity contribution in [2.75, 3.05) is 0 Å². The summed E-state index contributed by atoms with van der Waals surface area (Å²) in [6.45, 7) is 1.05. The third-order valence-corrected chi connectivity index (χ3v) is 4.96. The molecule has 0 aliphatic rings. The van der Waals surface area contributed by atoms with Gasteiger partial charge in [-0.1, -0.05) is 78.9 Å². The second-order valence-corrected chi connectivity index (χ2v) is 7.38. The Balaban J connectivity index is 1.55. The van der Waals surface area contributed by atoms with Gasteiger partial charge >= 0.3 is 0 Å². The van der Waals surface area contributed by atoms with Gasteiger partial charge in [0.1, 0.15) is 5.70 Å². The zero-order chi connectivity index (χ0) is 22.2. The molecular weight excluding hydrogens is 420 g/mol. The summed E-state index contributed by atoms with van der Waals surface area (Å²) in [5, 5.41) is 10.7. The van der Waals surface area contributed by atoms with Crippen molar-refractivity contribution in [3.63, 3.8) is 0 Å². The number of nitrogens with zero attached hydrogens (tertiary/aromatic N) is 2. The van der Waals surface area contributed by atoms with Crippen LogP contribution in [0.4, 0.5) is 0 Å². The third-order valence-electron chi connectivity index (χ3n) is 4.66. The van der Waals surface area contributed by atoms with Crippen LogP contribution in [-0.4, -0.2) is 15.7 Å². The molecule has 0 aliphatic heterocycles. The fourth-order valence-corrected chi connectivity index (χ4v) is 3.25.